The Hall–Kier alpha value is -8.87. The van der Waals surface area contributed by atoms with Crippen molar-refractivity contribution < 1.29 is 0 Å². The molecule has 6 heteroatoms. The second-order valence-electron chi connectivity index (χ2n) is 28.1. The summed E-state index contributed by atoms with van der Waals surface area (Å²) in [6, 6.07) is 66.6. The van der Waals surface area contributed by atoms with E-state index in [9.17, 15) is 0 Å². The lowest BCUT2D eigenvalue weighted by molar-refractivity contribution is 0.568. The summed E-state index contributed by atoms with van der Waals surface area (Å²) in [5.74, 6) is 0.632. The Bertz CT molecular complexity index is 4720. The summed E-state index contributed by atoms with van der Waals surface area (Å²) < 4.78 is 0. The van der Waals surface area contributed by atoms with Crippen molar-refractivity contribution in [2.45, 2.75) is 105 Å². The van der Waals surface area contributed by atoms with Crippen LogP contribution in [0.15, 0.2) is 183 Å². The molecule has 83 heavy (non-hydrogen) atoms. The molecule has 0 fully saturated rings. The molecule has 3 heterocycles. The topological polar surface area (TPSA) is 45.2 Å². The van der Waals surface area contributed by atoms with Crippen molar-refractivity contribution in [2.75, 3.05) is 9.80 Å². The Morgan fingerprint density at radius 2 is 0.627 bits per heavy atom. The highest BCUT2D eigenvalue weighted by molar-refractivity contribution is 7.03. The van der Waals surface area contributed by atoms with E-state index in [1.54, 1.807) is 12.7 Å². The van der Waals surface area contributed by atoms with E-state index in [0.717, 1.165) is 28.3 Å². The Morgan fingerprint density at radius 3 is 0.988 bits per heavy atom. The summed E-state index contributed by atoms with van der Waals surface area (Å²) in [6.45, 7) is 28.0. The Balaban J connectivity index is 1.16. The highest BCUT2D eigenvalue weighted by atomic mass is 15.2. The molecule has 0 radical (unpaired) electrons. The minimum absolute atomic E-state index is 0.145. The van der Waals surface area contributed by atoms with E-state index in [0.29, 0.717) is 5.82 Å². The zero-order valence-corrected chi connectivity index (χ0v) is 49.6. The summed E-state index contributed by atoms with van der Waals surface area (Å²) in [7, 11) is 0. The minimum atomic E-state index is -0.222. The van der Waals surface area contributed by atoms with Crippen LogP contribution in [-0.2, 0) is 21.7 Å². The average Bonchev–Trinajstić information content (AvgIpc) is 0.783. The number of nitrogens with zero attached hydrogens (tertiary/aromatic N) is 5. The van der Waals surface area contributed by atoms with Gasteiger partial charge >= 0.3 is 0 Å². The zero-order valence-electron chi connectivity index (χ0n) is 49.6. The molecule has 0 spiro atoms. The van der Waals surface area contributed by atoms with Crippen LogP contribution in [0.3, 0.4) is 0 Å². The lowest BCUT2D eigenvalue weighted by Crippen LogP contribution is -2.62. The molecule has 0 N–H and O–H groups in total. The van der Waals surface area contributed by atoms with Gasteiger partial charge in [0.25, 0.3) is 6.71 Å². The van der Waals surface area contributed by atoms with Crippen LogP contribution < -0.4 is 26.2 Å². The van der Waals surface area contributed by atoms with Crippen LogP contribution in [-0.4, -0.2) is 21.7 Å². The third kappa shape index (κ3) is 7.17. The smallest absolute Gasteiger partial charge is 0.253 e. The first-order chi connectivity index (χ1) is 39.7. The van der Waals surface area contributed by atoms with Gasteiger partial charge in [0.15, 0.2) is 5.82 Å². The second-order valence-corrected chi connectivity index (χ2v) is 28.1. The lowest BCUT2D eigenvalue weighted by Gasteiger charge is -2.46. The third-order valence-electron chi connectivity index (χ3n) is 18.9. The second kappa shape index (κ2) is 16.9. The van der Waals surface area contributed by atoms with Crippen LogP contribution in [0.5, 0.6) is 0 Å². The van der Waals surface area contributed by atoms with Gasteiger partial charge in [-0.15, -0.1) is 0 Å². The summed E-state index contributed by atoms with van der Waals surface area (Å²) in [5, 5.41) is 20.5. The Labute approximate surface area is 486 Å². The monoisotopic (exact) mass is 1070 g/mol. The number of anilines is 6. The Kier molecular flexibility index (Phi) is 10.2. The fourth-order valence-electron chi connectivity index (χ4n) is 14.7. The molecule has 13 aromatic carbocycles. The summed E-state index contributed by atoms with van der Waals surface area (Å²) in [6.07, 6.45) is 3.28. The zero-order chi connectivity index (χ0) is 57.0. The normalized spacial score (nSPS) is 14.0. The van der Waals surface area contributed by atoms with Crippen molar-refractivity contribution in [3.63, 3.8) is 0 Å². The van der Waals surface area contributed by atoms with Gasteiger partial charge in [-0.1, -0.05) is 204 Å². The first-order valence-corrected chi connectivity index (χ1v) is 29.7. The highest BCUT2D eigenvalue weighted by Crippen LogP contribution is 2.53. The maximum Gasteiger partial charge on any atom is 0.253 e. The summed E-state index contributed by atoms with van der Waals surface area (Å²) in [4.78, 5) is 19.6. The van der Waals surface area contributed by atoms with E-state index < -0.39 is 0 Å². The van der Waals surface area contributed by atoms with Crippen LogP contribution in [0.2, 0.25) is 0 Å². The predicted molar refractivity (Wildman–Crippen MR) is 357 cm³/mol. The van der Waals surface area contributed by atoms with Gasteiger partial charge < -0.3 is 9.80 Å². The molecular formula is C77H66BN5. The van der Waals surface area contributed by atoms with E-state index in [1.807, 2.05) is 0 Å². The maximum atomic E-state index is 4.98. The molecular weight excluding hydrogens is 1010 g/mol. The number of benzene rings is 13. The van der Waals surface area contributed by atoms with Crippen LogP contribution in [0, 0.1) is 0 Å². The highest BCUT2D eigenvalue weighted by Gasteiger charge is 2.47. The number of hydrogen-bond acceptors (Lipinski definition) is 5. The van der Waals surface area contributed by atoms with Crippen molar-refractivity contribution in [3.8, 4) is 11.4 Å². The molecule has 5 nitrogen and oxygen atoms in total. The Morgan fingerprint density at radius 1 is 0.313 bits per heavy atom. The number of aromatic nitrogens is 3. The van der Waals surface area contributed by atoms with Crippen LogP contribution >= 0.6 is 0 Å². The molecule has 402 valence electrons. The maximum absolute atomic E-state index is 4.98. The van der Waals surface area contributed by atoms with Gasteiger partial charge in [0.1, 0.15) is 12.7 Å². The first kappa shape index (κ1) is 49.9. The average molecular weight is 1070 g/mol. The molecule has 0 saturated heterocycles. The largest absolute Gasteiger partial charge is 0.311 e. The van der Waals surface area contributed by atoms with Gasteiger partial charge in [0.2, 0.25) is 0 Å². The molecule has 0 amide bonds. The van der Waals surface area contributed by atoms with Crippen molar-refractivity contribution in [3.05, 3.63) is 205 Å². The van der Waals surface area contributed by atoms with Gasteiger partial charge in [-0.2, -0.15) is 0 Å². The third-order valence-corrected chi connectivity index (χ3v) is 18.9. The van der Waals surface area contributed by atoms with Crippen LogP contribution in [0.1, 0.15) is 105 Å². The van der Waals surface area contributed by atoms with E-state index >= 15 is 0 Å². The van der Waals surface area contributed by atoms with Crippen molar-refractivity contribution in [1.29, 1.82) is 0 Å². The standard InChI is InChI=1S/C77H66BN5/c1-74(2,3)46-33-47(75(4,5)6)36-50(35-46)82-62-31-45(73-80-41-79-42-81-73)32-63-72(62)78(70-58-29-17-27-54-52-23-13-19-43-21-15-25-56(66(43)52)60(68(54)58)39-64(70)82)71-59-30-18-28-55-53-24-14-20-44-22-16-26-57(67(44)53)61(69(55)59)40-65(71)83(63)51-37-48(76(7,8)9)34-49(38-51)77(10,11)12/h13-42H,1-12H3. The quantitative estimate of drug-likeness (QED) is 0.100. The molecule has 0 bridgehead atoms. The van der Waals surface area contributed by atoms with Gasteiger partial charge in [0.05, 0.1) is 0 Å². The van der Waals surface area contributed by atoms with E-state index in [2.05, 4.69) is 268 Å². The van der Waals surface area contributed by atoms with Crippen molar-refractivity contribution >= 4 is 143 Å². The van der Waals surface area contributed by atoms with Gasteiger partial charge in [-0.05, 0) is 195 Å². The van der Waals surface area contributed by atoms with E-state index in [-0.39, 0.29) is 28.4 Å². The van der Waals surface area contributed by atoms with Crippen molar-refractivity contribution in [1.82, 2.24) is 15.0 Å². The lowest BCUT2D eigenvalue weighted by atomic mass is 9.32. The number of rotatable bonds is 3. The van der Waals surface area contributed by atoms with Gasteiger partial charge in [-0.3, -0.25) is 0 Å². The summed E-state index contributed by atoms with van der Waals surface area (Å²) in [5.41, 5.74) is 16.3. The molecule has 1 aromatic heterocycles. The number of hydrogen-bond donors (Lipinski definition) is 0. The molecule has 0 atom stereocenters. The predicted octanol–water partition coefficient (Wildman–Crippen LogP) is 18.9. The molecule has 16 rings (SSSR count). The van der Waals surface area contributed by atoms with Crippen LogP contribution in [0.25, 0.3) is 97.6 Å². The van der Waals surface area contributed by atoms with Gasteiger partial charge in [-0.25, -0.2) is 15.0 Å². The molecule has 14 aromatic rings. The van der Waals surface area contributed by atoms with E-state index in [1.165, 1.54) is 136 Å². The fraction of sp³-hybridized carbons (Fsp3) is 0.208. The van der Waals surface area contributed by atoms with Crippen molar-refractivity contribution in [2.24, 2.45) is 0 Å². The number of fused-ring (bicyclic) bond motifs is 10. The molecule has 2 aliphatic heterocycles. The summed E-state index contributed by atoms with van der Waals surface area (Å²) >= 11 is 0. The molecule has 0 unspecified atom stereocenters. The molecule has 2 aliphatic rings. The van der Waals surface area contributed by atoms with Gasteiger partial charge in [0, 0.05) is 39.7 Å². The van der Waals surface area contributed by atoms with E-state index in [4.69, 9.17) is 9.97 Å². The van der Waals surface area contributed by atoms with Crippen LogP contribution in [0.4, 0.5) is 34.1 Å². The molecule has 0 aliphatic carbocycles. The fourth-order valence-corrected chi connectivity index (χ4v) is 14.7. The molecule has 0 saturated carbocycles. The SMILES string of the molecule is CC(C)(C)c1cc(N2c3cc(-c4ncncn4)cc4c3B(c3c2cc2c5cccc6cccc(c7cccc3c72)c65)c2c(cc3c5cccc6cccc(c7cccc2c73)c65)N4c2cc(C(C)(C)C)cc(C(C)(C)C)c2)cc(C(C)(C)C)c1. The minimum Gasteiger partial charge on any atom is -0.311 e. The first-order valence-electron chi connectivity index (χ1n) is 29.7.